The van der Waals surface area contributed by atoms with Crippen LogP contribution in [0.3, 0.4) is 0 Å². The van der Waals surface area contributed by atoms with E-state index in [-0.39, 0.29) is 6.54 Å². The second-order valence-corrected chi connectivity index (χ2v) is 7.16. The molecular formula is C18H22N4O3S. The number of ether oxygens (including phenoxy) is 1. The fourth-order valence-electron chi connectivity index (χ4n) is 2.87. The Labute approximate surface area is 156 Å². The van der Waals surface area contributed by atoms with E-state index < -0.39 is 11.8 Å². The zero-order valence-electron chi connectivity index (χ0n) is 15.1. The van der Waals surface area contributed by atoms with Crippen LogP contribution in [-0.2, 0) is 25.8 Å². The number of amides is 2. The van der Waals surface area contributed by atoms with Crippen LogP contribution in [0.4, 0.5) is 5.82 Å². The van der Waals surface area contributed by atoms with Gasteiger partial charge in [0.25, 0.3) is 0 Å². The van der Waals surface area contributed by atoms with Crippen LogP contribution in [0, 0.1) is 13.8 Å². The van der Waals surface area contributed by atoms with E-state index in [1.165, 1.54) is 7.11 Å². The number of nitrogens with zero attached hydrogens (tertiary/aromatic N) is 2. The zero-order chi connectivity index (χ0) is 18.7. The standard InChI is InChI=1S/C18H22N4O3S/c1-11-4-5-15(12(2)8-11)22-16(13-9-26-10-14(13)21-22)20-18(24)17(23)19-6-7-25-3/h4-5,8H,6-7,9-10H2,1-3H3,(H,19,23)(H,20,24). The molecule has 0 fully saturated rings. The van der Waals surface area contributed by atoms with E-state index in [2.05, 4.69) is 21.8 Å². The van der Waals surface area contributed by atoms with Gasteiger partial charge in [-0.2, -0.15) is 16.9 Å². The average Bonchev–Trinajstić information content (AvgIpc) is 3.18. The summed E-state index contributed by atoms with van der Waals surface area (Å²) >= 11 is 1.74. The molecule has 0 bridgehead atoms. The first kappa shape index (κ1) is 18.5. The van der Waals surface area contributed by atoms with Gasteiger partial charge in [0.1, 0.15) is 5.82 Å². The number of aromatic nitrogens is 2. The molecule has 0 spiro atoms. The van der Waals surface area contributed by atoms with Gasteiger partial charge in [-0.25, -0.2) is 4.68 Å². The molecule has 1 aliphatic heterocycles. The van der Waals surface area contributed by atoms with Crippen molar-refractivity contribution in [3.8, 4) is 5.69 Å². The van der Waals surface area contributed by atoms with Gasteiger partial charge < -0.3 is 15.4 Å². The Hall–Kier alpha value is -2.32. The lowest BCUT2D eigenvalue weighted by atomic mass is 10.1. The molecule has 1 aliphatic rings. The second-order valence-electron chi connectivity index (χ2n) is 6.17. The van der Waals surface area contributed by atoms with Crippen LogP contribution in [-0.4, -0.2) is 41.9 Å². The minimum absolute atomic E-state index is 0.285. The molecular weight excluding hydrogens is 352 g/mol. The SMILES string of the molecule is COCCNC(=O)C(=O)Nc1c2c(nn1-c1ccc(C)cc1C)CSC2. The Bertz CT molecular complexity index is 847. The van der Waals surface area contributed by atoms with Crippen molar-refractivity contribution in [1.82, 2.24) is 15.1 Å². The van der Waals surface area contributed by atoms with Gasteiger partial charge in [0.05, 0.1) is 18.0 Å². The fourth-order valence-corrected chi connectivity index (χ4v) is 3.90. The minimum Gasteiger partial charge on any atom is -0.383 e. The number of nitrogens with one attached hydrogen (secondary N) is 2. The third-order valence-electron chi connectivity index (χ3n) is 4.16. The molecule has 2 aromatic rings. The summed E-state index contributed by atoms with van der Waals surface area (Å²) in [7, 11) is 1.54. The summed E-state index contributed by atoms with van der Waals surface area (Å²) in [6, 6.07) is 6.06. The normalized spacial score (nSPS) is 12.7. The van der Waals surface area contributed by atoms with Gasteiger partial charge in [-0.05, 0) is 25.5 Å². The molecule has 0 saturated carbocycles. The zero-order valence-corrected chi connectivity index (χ0v) is 15.9. The molecule has 0 unspecified atom stereocenters. The number of carbonyl (C=O) groups is 2. The first-order valence-corrected chi connectivity index (χ1v) is 9.51. The molecule has 2 heterocycles. The first-order valence-electron chi connectivity index (χ1n) is 8.35. The highest BCUT2D eigenvalue weighted by Crippen LogP contribution is 2.36. The van der Waals surface area contributed by atoms with Crippen LogP contribution in [0.2, 0.25) is 0 Å². The predicted octanol–water partition coefficient (Wildman–Crippen LogP) is 1.94. The van der Waals surface area contributed by atoms with Crippen molar-refractivity contribution in [2.75, 3.05) is 25.6 Å². The minimum atomic E-state index is -0.702. The summed E-state index contributed by atoms with van der Waals surface area (Å²) < 4.78 is 6.61. The van der Waals surface area contributed by atoms with Crippen molar-refractivity contribution in [1.29, 1.82) is 0 Å². The number of carbonyl (C=O) groups excluding carboxylic acids is 2. The number of anilines is 1. The summed E-state index contributed by atoms with van der Waals surface area (Å²) in [4.78, 5) is 24.3. The number of hydrogen-bond acceptors (Lipinski definition) is 5. The van der Waals surface area contributed by atoms with E-state index in [0.29, 0.717) is 12.4 Å². The Morgan fingerprint density at radius 1 is 1.27 bits per heavy atom. The lowest BCUT2D eigenvalue weighted by Crippen LogP contribution is -2.37. The quantitative estimate of drug-likeness (QED) is 0.617. The third-order valence-corrected chi connectivity index (χ3v) is 5.13. The van der Waals surface area contributed by atoms with E-state index in [1.54, 1.807) is 16.4 Å². The van der Waals surface area contributed by atoms with Crippen molar-refractivity contribution in [2.24, 2.45) is 0 Å². The molecule has 138 valence electrons. The molecule has 0 radical (unpaired) electrons. The molecule has 2 N–H and O–H groups in total. The summed E-state index contributed by atoms with van der Waals surface area (Å²) in [5, 5.41) is 9.95. The molecule has 3 rings (SSSR count). The maximum absolute atomic E-state index is 12.3. The molecule has 7 nitrogen and oxygen atoms in total. The third kappa shape index (κ3) is 3.76. The molecule has 2 amide bonds. The predicted molar refractivity (Wildman–Crippen MR) is 102 cm³/mol. The van der Waals surface area contributed by atoms with Gasteiger partial charge in [0, 0.05) is 30.7 Å². The van der Waals surface area contributed by atoms with Crippen molar-refractivity contribution in [2.45, 2.75) is 25.4 Å². The van der Waals surface area contributed by atoms with Crippen molar-refractivity contribution >= 4 is 29.4 Å². The van der Waals surface area contributed by atoms with Gasteiger partial charge in [-0.15, -0.1) is 0 Å². The van der Waals surface area contributed by atoms with Crippen LogP contribution in [0.15, 0.2) is 18.2 Å². The maximum atomic E-state index is 12.3. The topological polar surface area (TPSA) is 85.2 Å². The van der Waals surface area contributed by atoms with Crippen LogP contribution in [0.25, 0.3) is 5.69 Å². The second kappa shape index (κ2) is 7.92. The lowest BCUT2D eigenvalue weighted by molar-refractivity contribution is -0.136. The summed E-state index contributed by atoms with van der Waals surface area (Å²) in [6.45, 7) is 4.68. The summed E-state index contributed by atoms with van der Waals surface area (Å²) in [5.41, 5.74) is 5.03. The number of aryl methyl sites for hydroxylation is 2. The van der Waals surface area contributed by atoms with E-state index in [1.807, 2.05) is 26.0 Å². The smallest absolute Gasteiger partial charge is 0.314 e. The van der Waals surface area contributed by atoms with Crippen molar-refractivity contribution < 1.29 is 14.3 Å². The Morgan fingerprint density at radius 2 is 2.08 bits per heavy atom. The molecule has 0 aliphatic carbocycles. The molecule has 26 heavy (non-hydrogen) atoms. The molecule has 0 saturated heterocycles. The van der Waals surface area contributed by atoms with Crippen LogP contribution >= 0.6 is 11.8 Å². The monoisotopic (exact) mass is 374 g/mol. The van der Waals surface area contributed by atoms with Gasteiger partial charge in [-0.3, -0.25) is 9.59 Å². The first-order chi connectivity index (χ1) is 12.5. The van der Waals surface area contributed by atoms with Gasteiger partial charge in [-0.1, -0.05) is 17.7 Å². The van der Waals surface area contributed by atoms with Crippen molar-refractivity contribution in [3.63, 3.8) is 0 Å². The van der Waals surface area contributed by atoms with Gasteiger partial charge in [0.2, 0.25) is 0 Å². The highest BCUT2D eigenvalue weighted by Gasteiger charge is 2.26. The van der Waals surface area contributed by atoms with E-state index in [9.17, 15) is 9.59 Å². The lowest BCUT2D eigenvalue weighted by Gasteiger charge is -2.13. The highest BCUT2D eigenvalue weighted by atomic mass is 32.2. The van der Waals surface area contributed by atoms with Crippen LogP contribution in [0.1, 0.15) is 22.4 Å². The molecule has 1 aromatic carbocycles. The number of methoxy groups -OCH3 is 1. The fraction of sp³-hybridized carbons (Fsp3) is 0.389. The van der Waals surface area contributed by atoms with Gasteiger partial charge >= 0.3 is 11.8 Å². The van der Waals surface area contributed by atoms with Crippen molar-refractivity contribution in [3.05, 3.63) is 40.6 Å². The van der Waals surface area contributed by atoms with Crippen LogP contribution in [0.5, 0.6) is 0 Å². The molecule has 8 heteroatoms. The number of rotatable bonds is 5. The molecule has 0 atom stereocenters. The Kier molecular flexibility index (Phi) is 5.63. The number of hydrogen-bond donors (Lipinski definition) is 2. The summed E-state index contributed by atoms with van der Waals surface area (Å²) in [5.74, 6) is 0.752. The Morgan fingerprint density at radius 3 is 2.81 bits per heavy atom. The van der Waals surface area contributed by atoms with Gasteiger partial charge in [0.15, 0.2) is 0 Å². The largest absolute Gasteiger partial charge is 0.383 e. The van der Waals surface area contributed by atoms with E-state index in [4.69, 9.17) is 4.74 Å². The maximum Gasteiger partial charge on any atom is 0.314 e. The number of thioether (sulfide) groups is 1. The van der Waals surface area contributed by atoms with Crippen LogP contribution < -0.4 is 10.6 Å². The molecule has 1 aromatic heterocycles. The number of benzene rings is 1. The Balaban J connectivity index is 1.89. The number of fused-ring (bicyclic) bond motifs is 1. The summed E-state index contributed by atoms with van der Waals surface area (Å²) in [6.07, 6.45) is 0. The average molecular weight is 374 g/mol. The highest BCUT2D eigenvalue weighted by molar-refractivity contribution is 7.98. The van der Waals surface area contributed by atoms with E-state index >= 15 is 0 Å². The van der Waals surface area contributed by atoms with E-state index in [0.717, 1.165) is 39.6 Å².